The molecule has 3 aromatic carbocycles. The van der Waals surface area contributed by atoms with E-state index in [1.165, 1.54) is 19.1 Å². The number of anilines is 3. The summed E-state index contributed by atoms with van der Waals surface area (Å²) in [6, 6.07) is 17.9. The molecule has 0 fully saturated rings. The van der Waals surface area contributed by atoms with Crippen LogP contribution in [0.5, 0.6) is 11.5 Å². The molecule has 35 heavy (non-hydrogen) atoms. The minimum absolute atomic E-state index is 0.0589. The third-order valence-corrected chi connectivity index (χ3v) is 6.47. The van der Waals surface area contributed by atoms with Crippen LogP contribution in [0, 0.1) is 0 Å². The molecular formula is C25H25N3O6S. The van der Waals surface area contributed by atoms with Crippen LogP contribution in [0.1, 0.15) is 18.9 Å². The maximum Gasteiger partial charge on any atom is 0.262 e. The van der Waals surface area contributed by atoms with Crippen molar-refractivity contribution in [2.75, 3.05) is 28.6 Å². The van der Waals surface area contributed by atoms with Crippen molar-refractivity contribution in [3.05, 3.63) is 72.3 Å². The molecule has 1 heterocycles. The molecule has 2 amide bonds. The number of rotatable bonds is 7. The van der Waals surface area contributed by atoms with Gasteiger partial charge < -0.3 is 20.1 Å². The topological polar surface area (TPSA) is 123 Å². The molecule has 10 heteroatoms. The van der Waals surface area contributed by atoms with Crippen LogP contribution in [0.25, 0.3) is 0 Å². The van der Waals surface area contributed by atoms with Gasteiger partial charge in [0.2, 0.25) is 11.8 Å². The van der Waals surface area contributed by atoms with Crippen LogP contribution in [-0.2, 0) is 26.0 Å². The van der Waals surface area contributed by atoms with Crippen LogP contribution >= 0.6 is 0 Å². The Morgan fingerprint density at radius 2 is 1.40 bits per heavy atom. The van der Waals surface area contributed by atoms with E-state index in [9.17, 15) is 18.0 Å². The van der Waals surface area contributed by atoms with E-state index in [1.54, 1.807) is 54.6 Å². The molecule has 0 unspecified atom stereocenters. The number of carbonyl (C=O) groups excluding carboxylic acids is 2. The molecule has 182 valence electrons. The summed E-state index contributed by atoms with van der Waals surface area (Å²) < 4.78 is 39.3. The second kappa shape index (κ2) is 10.5. The highest BCUT2D eigenvalue weighted by Gasteiger charge is 2.19. The van der Waals surface area contributed by atoms with E-state index < -0.39 is 10.0 Å². The molecular weight excluding hydrogens is 470 g/mol. The number of nitrogens with one attached hydrogen (secondary N) is 3. The van der Waals surface area contributed by atoms with Crippen molar-refractivity contribution in [2.45, 2.75) is 24.7 Å². The molecule has 3 N–H and O–H groups in total. The number of benzene rings is 3. The molecule has 9 nitrogen and oxygen atoms in total. The highest BCUT2D eigenvalue weighted by molar-refractivity contribution is 7.92. The van der Waals surface area contributed by atoms with Crippen LogP contribution in [0.15, 0.2) is 71.6 Å². The van der Waals surface area contributed by atoms with Crippen molar-refractivity contribution in [2.24, 2.45) is 0 Å². The first-order chi connectivity index (χ1) is 16.8. The van der Waals surface area contributed by atoms with Gasteiger partial charge >= 0.3 is 0 Å². The lowest BCUT2D eigenvalue weighted by Crippen LogP contribution is -2.15. The van der Waals surface area contributed by atoms with E-state index >= 15 is 0 Å². The summed E-state index contributed by atoms with van der Waals surface area (Å²) in [7, 11) is -3.85. The van der Waals surface area contributed by atoms with Gasteiger partial charge in [-0.05, 0) is 54.1 Å². The monoisotopic (exact) mass is 495 g/mol. The van der Waals surface area contributed by atoms with Crippen LogP contribution in [0.4, 0.5) is 17.1 Å². The molecule has 0 saturated heterocycles. The number of carbonyl (C=O) groups is 2. The number of sulfonamides is 1. The molecule has 0 atom stereocenters. The van der Waals surface area contributed by atoms with Gasteiger partial charge in [-0.2, -0.15) is 0 Å². The molecule has 0 aliphatic carbocycles. The third kappa shape index (κ3) is 6.51. The van der Waals surface area contributed by atoms with E-state index in [4.69, 9.17) is 9.47 Å². The van der Waals surface area contributed by atoms with E-state index in [1.807, 2.05) is 0 Å². The first kappa shape index (κ1) is 24.1. The van der Waals surface area contributed by atoms with E-state index in [-0.39, 0.29) is 23.1 Å². The Labute approximate surface area is 203 Å². The number of hydrogen-bond acceptors (Lipinski definition) is 6. The second-order valence-electron chi connectivity index (χ2n) is 7.94. The molecule has 0 saturated carbocycles. The van der Waals surface area contributed by atoms with Gasteiger partial charge in [0.25, 0.3) is 10.0 Å². The van der Waals surface area contributed by atoms with Crippen molar-refractivity contribution < 1.29 is 27.5 Å². The van der Waals surface area contributed by atoms with Crippen molar-refractivity contribution in [3.63, 3.8) is 0 Å². The predicted molar refractivity (Wildman–Crippen MR) is 132 cm³/mol. The lowest BCUT2D eigenvalue weighted by molar-refractivity contribution is -0.116. The van der Waals surface area contributed by atoms with Gasteiger partial charge in [-0.25, -0.2) is 8.42 Å². The zero-order chi connectivity index (χ0) is 24.8. The van der Waals surface area contributed by atoms with Crippen LogP contribution in [-0.4, -0.2) is 33.4 Å². The van der Waals surface area contributed by atoms with Gasteiger partial charge in [0, 0.05) is 36.5 Å². The summed E-state index contributed by atoms with van der Waals surface area (Å²) in [5.41, 5.74) is 2.33. The average molecular weight is 496 g/mol. The van der Waals surface area contributed by atoms with Crippen LogP contribution < -0.4 is 24.8 Å². The molecule has 0 radical (unpaired) electrons. The smallest absolute Gasteiger partial charge is 0.262 e. The zero-order valence-electron chi connectivity index (χ0n) is 19.0. The zero-order valence-corrected chi connectivity index (χ0v) is 19.9. The molecule has 1 aliphatic heterocycles. The van der Waals surface area contributed by atoms with Gasteiger partial charge in [0.05, 0.1) is 24.5 Å². The Morgan fingerprint density at radius 1 is 0.800 bits per heavy atom. The summed E-state index contributed by atoms with van der Waals surface area (Å²) in [5.74, 6) is 0.527. The maximum atomic E-state index is 12.8. The van der Waals surface area contributed by atoms with Gasteiger partial charge in [0.15, 0.2) is 11.5 Å². The summed E-state index contributed by atoms with van der Waals surface area (Å²) >= 11 is 0. The summed E-state index contributed by atoms with van der Waals surface area (Å²) in [6.07, 6.45) is 0.877. The standard InChI is InChI=1S/C25H25N3O6S/c1-17(29)26-19-5-3-18(4-6-19)15-25(30)27-20-7-9-21(10-8-20)28-35(31,32)22-11-12-23-24(16-22)34-14-2-13-33-23/h3-12,16,28H,2,13-15H2,1H3,(H,26,29)(H,27,30). The molecule has 0 spiro atoms. The molecule has 3 aromatic rings. The largest absolute Gasteiger partial charge is 0.490 e. The molecule has 0 aromatic heterocycles. The fourth-order valence-corrected chi connectivity index (χ4v) is 4.52. The van der Waals surface area contributed by atoms with Crippen molar-refractivity contribution in [3.8, 4) is 11.5 Å². The predicted octanol–water partition coefficient (Wildman–Crippen LogP) is 3.79. The normalized spacial score (nSPS) is 12.8. The van der Waals surface area contributed by atoms with Crippen molar-refractivity contribution >= 4 is 38.9 Å². The average Bonchev–Trinajstić information content (AvgIpc) is 3.06. The Bertz CT molecular complexity index is 1320. The Balaban J connectivity index is 1.36. The van der Waals surface area contributed by atoms with E-state index in [0.29, 0.717) is 41.8 Å². The minimum Gasteiger partial charge on any atom is -0.490 e. The quantitative estimate of drug-likeness (QED) is 0.458. The Kier molecular flexibility index (Phi) is 7.21. The number of hydrogen-bond donors (Lipinski definition) is 3. The van der Waals surface area contributed by atoms with Crippen molar-refractivity contribution in [1.29, 1.82) is 0 Å². The van der Waals surface area contributed by atoms with Crippen LogP contribution in [0.3, 0.4) is 0 Å². The number of amides is 2. The number of ether oxygens (including phenoxy) is 2. The lowest BCUT2D eigenvalue weighted by atomic mass is 10.1. The summed E-state index contributed by atoms with van der Waals surface area (Å²) in [4.78, 5) is 23.5. The summed E-state index contributed by atoms with van der Waals surface area (Å²) in [5, 5.41) is 5.46. The Hall–Kier alpha value is -4.05. The highest BCUT2D eigenvalue weighted by Crippen LogP contribution is 2.32. The summed E-state index contributed by atoms with van der Waals surface area (Å²) in [6.45, 7) is 2.40. The number of fused-ring (bicyclic) bond motifs is 1. The first-order valence-electron chi connectivity index (χ1n) is 11.0. The van der Waals surface area contributed by atoms with Crippen LogP contribution in [0.2, 0.25) is 0 Å². The maximum absolute atomic E-state index is 12.8. The fraction of sp³-hybridized carbons (Fsp3) is 0.200. The van der Waals surface area contributed by atoms with E-state index in [2.05, 4.69) is 15.4 Å². The highest BCUT2D eigenvalue weighted by atomic mass is 32.2. The molecule has 4 rings (SSSR count). The molecule has 0 bridgehead atoms. The van der Waals surface area contributed by atoms with Crippen molar-refractivity contribution in [1.82, 2.24) is 0 Å². The van der Waals surface area contributed by atoms with Gasteiger partial charge in [0.1, 0.15) is 0 Å². The molecule has 1 aliphatic rings. The van der Waals surface area contributed by atoms with Gasteiger partial charge in [-0.1, -0.05) is 12.1 Å². The first-order valence-corrected chi connectivity index (χ1v) is 12.5. The lowest BCUT2D eigenvalue weighted by Gasteiger charge is -2.12. The third-order valence-electron chi connectivity index (χ3n) is 5.09. The van der Waals surface area contributed by atoms with Gasteiger partial charge in [-0.15, -0.1) is 0 Å². The van der Waals surface area contributed by atoms with E-state index in [0.717, 1.165) is 12.0 Å². The minimum atomic E-state index is -3.85. The Morgan fingerprint density at radius 3 is 2.09 bits per heavy atom. The van der Waals surface area contributed by atoms with Gasteiger partial charge in [-0.3, -0.25) is 14.3 Å². The SMILES string of the molecule is CC(=O)Nc1ccc(CC(=O)Nc2ccc(NS(=O)(=O)c3ccc4c(c3)OCCCO4)cc2)cc1. The second-order valence-corrected chi connectivity index (χ2v) is 9.63. The fourth-order valence-electron chi connectivity index (χ4n) is 3.45.